The van der Waals surface area contributed by atoms with Crippen LogP contribution in [0.25, 0.3) is 0 Å². The van der Waals surface area contributed by atoms with E-state index in [4.69, 9.17) is 10.6 Å². The van der Waals surface area contributed by atoms with Gasteiger partial charge in [0.25, 0.3) is 0 Å². The molecule has 3 N–H and O–H groups in total. The number of thiophene rings is 1. The van der Waals surface area contributed by atoms with Crippen molar-refractivity contribution in [1.29, 1.82) is 0 Å². The number of rotatable bonds is 5. The first-order chi connectivity index (χ1) is 7.00. The number of methoxy groups -OCH3 is 1. The monoisotopic (exact) mass is 228 g/mol. The van der Waals surface area contributed by atoms with Crippen LogP contribution in [0.3, 0.4) is 0 Å². The van der Waals surface area contributed by atoms with E-state index in [0.29, 0.717) is 0 Å². The first kappa shape index (κ1) is 12.6. The lowest BCUT2D eigenvalue weighted by atomic mass is 9.94. The third-order valence-corrected chi connectivity index (χ3v) is 3.59. The third kappa shape index (κ3) is 3.28. The average Bonchev–Trinajstić information content (AvgIpc) is 2.61. The van der Waals surface area contributed by atoms with E-state index in [1.807, 2.05) is 0 Å². The highest BCUT2D eigenvalue weighted by Crippen LogP contribution is 2.29. The topological polar surface area (TPSA) is 47.3 Å². The summed E-state index contributed by atoms with van der Waals surface area (Å²) in [4.78, 5) is 1.31. The highest BCUT2D eigenvalue weighted by atomic mass is 32.1. The van der Waals surface area contributed by atoms with Crippen molar-refractivity contribution in [2.75, 3.05) is 7.11 Å². The molecule has 0 aliphatic rings. The van der Waals surface area contributed by atoms with Crippen molar-refractivity contribution in [2.24, 2.45) is 5.84 Å². The molecule has 0 aromatic carbocycles. The summed E-state index contributed by atoms with van der Waals surface area (Å²) in [6, 6.07) is 2.28. The Morgan fingerprint density at radius 2 is 2.27 bits per heavy atom. The van der Waals surface area contributed by atoms with E-state index in [9.17, 15) is 0 Å². The quantitative estimate of drug-likeness (QED) is 0.601. The minimum absolute atomic E-state index is 0.159. The van der Waals surface area contributed by atoms with Gasteiger partial charge in [0.1, 0.15) is 0 Å². The van der Waals surface area contributed by atoms with Gasteiger partial charge in [-0.2, -0.15) is 0 Å². The van der Waals surface area contributed by atoms with E-state index in [1.165, 1.54) is 10.4 Å². The van der Waals surface area contributed by atoms with Gasteiger partial charge in [0.15, 0.2) is 0 Å². The standard InChI is InChI=1S/C11H20N2OS/c1-8-9(5-6-15-8)10(13-12)7-11(2,3)14-4/h5-6,10,13H,7,12H2,1-4H3. The largest absolute Gasteiger partial charge is 0.379 e. The summed E-state index contributed by atoms with van der Waals surface area (Å²) in [5, 5.41) is 2.09. The number of ether oxygens (including phenoxy) is 1. The maximum absolute atomic E-state index is 5.59. The second kappa shape index (κ2) is 5.07. The van der Waals surface area contributed by atoms with E-state index in [2.05, 4.69) is 37.6 Å². The average molecular weight is 228 g/mol. The number of nitrogens with one attached hydrogen (secondary N) is 1. The zero-order chi connectivity index (χ0) is 11.5. The van der Waals surface area contributed by atoms with Crippen LogP contribution in [0.1, 0.15) is 36.8 Å². The predicted molar refractivity (Wildman–Crippen MR) is 64.8 cm³/mol. The Morgan fingerprint density at radius 1 is 1.60 bits per heavy atom. The molecule has 0 amide bonds. The van der Waals surface area contributed by atoms with E-state index in [1.54, 1.807) is 18.4 Å². The zero-order valence-electron chi connectivity index (χ0n) is 9.83. The van der Waals surface area contributed by atoms with Crippen molar-refractivity contribution in [3.05, 3.63) is 21.9 Å². The zero-order valence-corrected chi connectivity index (χ0v) is 10.6. The van der Waals surface area contributed by atoms with Crippen molar-refractivity contribution < 1.29 is 4.74 Å². The molecule has 0 fully saturated rings. The normalized spacial score (nSPS) is 14.2. The number of hydrogen-bond acceptors (Lipinski definition) is 4. The molecule has 1 aromatic heterocycles. The van der Waals surface area contributed by atoms with Crippen molar-refractivity contribution >= 4 is 11.3 Å². The number of nitrogens with two attached hydrogens (primary N) is 1. The van der Waals surface area contributed by atoms with Crippen LogP contribution in [0, 0.1) is 6.92 Å². The SMILES string of the molecule is COC(C)(C)CC(NN)c1ccsc1C. The lowest BCUT2D eigenvalue weighted by Crippen LogP contribution is -2.35. The van der Waals surface area contributed by atoms with Crippen LogP contribution in [0.2, 0.25) is 0 Å². The molecule has 0 bridgehead atoms. The summed E-state index contributed by atoms with van der Waals surface area (Å²) in [7, 11) is 1.73. The van der Waals surface area contributed by atoms with Gasteiger partial charge in [-0.1, -0.05) is 0 Å². The molecule has 1 atom stereocenters. The molecule has 1 rings (SSSR count). The van der Waals surface area contributed by atoms with Gasteiger partial charge in [-0.05, 0) is 44.2 Å². The number of hydrazine groups is 1. The maximum atomic E-state index is 5.59. The molecule has 86 valence electrons. The molecule has 0 saturated heterocycles. The van der Waals surface area contributed by atoms with Crippen LogP contribution in [-0.4, -0.2) is 12.7 Å². The molecule has 1 unspecified atom stereocenters. The van der Waals surface area contributed by atoms with Gasteiger partial charge in [0.2, 0.25) is 0 Å². The lowest BCUT2D eigenvalue weighted by Gasteiger charge is -2.28. The van der Waals surface area contributed by atoms with Crippen molar-refractivity contribution in [3.63, 3.8) is 0 Å². The highest BCUT2D eigenvalue weighted by Gasteiger charge is 2.24. The van der Waals surface area contributed by atoms with Crippen LogP contribution in [0.4, 0.5) is 0 Å². The molecule has 0 saturated carbocycles. The second-order valence-electron chi connectivity index (χ2n) is 4.32. The fourth-order valence-corrected chi connectivity index (χ4v) is 2.36. The van der Waals surface area contributed by atoms with E-state index >= 15 is 0 Å². The number of aryl methyl sites for hydroxylation is 1. The Balaban J connectivity index is 2.77. The maximum Gasteiger partial charge on any atom is 0.0641 e. The van der Waals surface area contributed by atoms with Gasteiger partial charge in [-0.3, -0.25) is 11.3 Å². The summed E-state index contributed by atoms with van der Waals surface area (Å²) >= 11 is 1.75. The summed E-state index contributed by atoms with van der Waals surface area (Å²) < 4.78 is 5.42. The molecular formula is C11H20N2OS. The molecule has 0 radical (unpaired) electrons. The Morgan fingerprint density at radius 3 is 2.67 bits per heavy atom. The van der Waals surface area contributed by atoms with Crippen molar-refractivity contribution in [1.82, 2.24) is 5.43 Å². The van der Waals surface area contributed by atoms with Crippen molar-refractivity contribution in [3.8, 4) is 0 Å². The second-order valence-corrected chi connectivity index (χ2v) is 5.44. The van der Waals surface area contributed by atoms with E-state index in [-0.39, 0.29) is 11.6 Å². The van der Waals surface area contributed by atoms with Gasteiger partial charge < -0.3 is 4.74 Å². The van der Waals surface area contributed by atoms with Crippen LogP contribution in [-0.2, 0) is 4.74 Å². The number of hydrogen-bond donors (Lipinski definition) is 2. The molecule has 1 heterocycles. The Hall–Kier alpha value is -0.420. The van der Waals surface area contributed by atoms with Gasteiger partial charge in [0.05, 0.1) is 5.60 Å². The van der Waals surface area contributed by atoms with Crippen molar-refractivity contribution in [2.45, 2.75) is 38.8 Å². The molecule has 4 heteroatoms. The van der Waals surface area contributed by atoms with E-state index in [0.717, 1.165) is 6.42 Å². The van der Waals surface area contributed by atoms with Crippen LogP contribution < -0.4 is 11.3 Å². The smallest absolute Gasteiger partial charge is 0.0641 e. The molecular weight excluding hydrogens is 208 g/mol. The first-order valence-corrected chi connectivity index (χ1v) is 5.93. The Labute approximate surface area is 95.6 Å². The molecule has 0 aliphatic heterocycles. The fourth-order valence-electron chi connectivity index (χ4n) is 1.59. The minimum atomic E-state index is -0.161. The van der Waals surface area contributed by atoms with Gasteiger partial charge in [-0.25, -0.2) is 0 Å². The molecule has 0 spiro atoms. The molecule has 3 nitrogen and oxygen atoms in total. The predicted octanol–water partition coefficient (Wildman–Crippen LogP) is 2.38. The van der Waals surface area contributed by atoms with E-state index < -0.39 is 0 Å². The summed E-state index contributed by atoms with van der Waals surface area (Å²) in [6.45, 7) is 6.25. The van der Waals surface area contributed by atoms with Gasteiger partial charge in [-0.15, -0.1) is 11.3 Å². The summed E-state index contributed by atoms with van der Waals surface area (Å²) in [5.41, 5.74) is 3.97. The van der Waals surface area contributed by atoms with Crippen LogP contribution >= 0.6 is 11.3 Å². The fraction of sp³-hybridized carbons (Fsp3) is 0.636. The third-order valence-electron chi connectivity index (χ3n) is 2.72. The molecule has 1 aromatic rings. The summed E-state index contributed by atoms with van der Waals surface area (Å²) in [5.74, 6) is 5.59. The minimum Gasteiger partial charge on any atom is -0.379 e. The van der Waals surface area contributed by atoms with Gasteiger partial charge >= 0.3 is 0 Å². The summed E-state index contributed by atoms with van der Waals surface area (Å²) in [6.07, 6.45) is 0.859. The Bertz CT molecular complexity index is 309. The molecule has 15 heavy (non-hydrogen) atoms. The highest BCUT2D eigenvalue weighted by molar-refractivity contribution is 7.10. The van der Waals surface area contributed by atoms with Crippen LogP contribution in [0.5, 0.6) is 0 Å². The first-order valence-electron chi connectivity index (χ1n) is 5.05. The van der Waals surface area contributed by atoms with Gasteiger partial charge in [0, 0.05) is 18.0 Å². The lowest BCUT2D eigenvalue weighted by molar-refractivity contribution is 0.00681. The molecule has 0 aliphatic carbocycles. The Kier molecular flexibility index (Phi) is 4.28. The van der Waals surface area contributed by atoms with Crippen LogP contribution in [0.15, 0.2) is 11.4 Å².